The Labute approximate surface area is 204 Å². The highest BCUT2D eigenvalue weighted by atomic mass is 16.5. The van der Waals surface area contributed by atoms with Crippen molar-refractivity contribution in [1.29, 1.82) is 5.26 Å². The molecule has 0 fully saturated rings. The maximum absolute atomic E-state index is 12.7. The summed E-state index contributed by atoms with van der Waals surface area (Å²) in [6.07, 6.45) is 1.94. The van der Waals surface area contributed by atoms with Gasteiger partial charge in [-0.15, -0.1) is 0 Å². The molecule has 1 amide bonds. The molecule has 1 N–H and O–H groups in total. The van der Waals surface area contributed by atoms with Crippen LogP contribution in [0.5, 0.6) is 5.75 Å². The number of nitrogens with one attached hydrogen (secondary N) is 1. The van der Waals surface area contributed by atoms with Crippen LogP contribution in [0.15, 0.2) is 48.2 Å². The van der Waals surface area contributed by atoms with Gasteiger partial charge in [-0.2, -0.15) is 10.4 Å². The number of nitriles is 1. The van der Waals surface area contributed by atoms with Gasteiger partial charge in [0.2, 0.25) is 0 Å². The van der Waals surface area contributed by atoms with Crippen LogP contribution in [0.25, 0.3) is 11.8 Å². The summed E-state index contributed by atoms with van der Waals surface area (Å²) in [5, 5.41) is 16.5. The lowest BCUT2D eigenvalue weighted by Crippen LogP contribution is -2.31. The smallest absolute Gasteiger partial charge is 0.349 e. The van der Waals surface area contributed by atoms with Gasteiger partial charge in [0, 0.05) is 29.2 Å². The Morgan fingerprint density at radius 2 is 1.83 bits per heavy atom. The van der Waals surface area contributed by atoms with Gasteiger partial charge < -0.3 is 19.4 Å². The normalized spacial score (nSPS) is 12.2. The van der Waals surface area contributed by atoms with Crippen molar-refractivity contribution in [2.24, 2.45) is 0 Å². The van der Waals surface area contributed by atoms with E-state index in [9.17, 15) is 14.9 Å². The summed E-state index contributed by atoms with van der Waals surface area (Å²) in [5.74, 6) is -0.148. The molecular weight excluding hydrogens is 446 g/mol. The van der Waals surface area contributed by atoms with Crippen molar-refractivity contribution >= 4 is 23.8 Å². The second-order valence-electron chi connectivity index (χ2n) is 8.32. The molecular formula is C26H29N5O4. The van der Waals surface area contributed by atoms with Crippen molar-refractivity contribution < 1.29 is 19.1 Å². The molecule has 35 heavy (non-hydrogen) atoms. The summed E-state index contributed by atoms with van der Waals surface area (Å²) >= 11 is 0. The highest BCUT2D eigenvalue weighted by Gasteiger charge is 2.22. The average molecular weight is 476 g/mol. The van der Waals surface area contributed by atoms with E-state index in [1.165, 1.54) is 13.0 Å². The molecule has 0 spiro atoms. The van der Waals surface area contributed by atoms with Crippen molar-refractivity contribution in [3.63, 3.8) is 0 Å². The molecule has 1 aromatic carbocycles. The molecule has 0 saturated heterocycles. The number of ether oxygens (including phenoxy) is 2. The standard InChI is InChI=1S/C26H29N5O4/c1-16(2)31-24(11-12-28-31)29-25(32)19(5)35-26(33)21(15-27)14-20-13-17(3)30(18(20)4)22-7-9-23(34-6)10-8-22/h7-14,16,19H,1-6H3,(H,29,32)/b21-14+. The average Bonchev–Trinajstić information content (AvgIpc) is 3.40. The van der Waals surface area contributed by atoms with E-state index in [-0.39, 0.29) is 11.6 Å². The first kappa shape index (κ1) is 25.3. The number of esters is 1. The highest BCUT2D eigenvalue weighted by molar-refractivity contribution is 6.01. The first-order valence-corrected chi connectivity index (χ1v) is 11.2. The molecule has 3 aromatic rings. The number of benzene rings is 1. The van der Waals surface area contributed by atoms with Gasteiger partial charge in [-0.25, -0.2) is 9.48 Å². The van der Waals surface area contributed by atoms with Crippen molar-refractivity contribution in [1.82, 2.24) is 14.3 Å². The number of hydrogen-bond donors (Lipinski definition) is 1. The topological polar surface area (TPSA) is 111 Å². The van der Waals surface area contributed by atoms with Gasteiger partial charge in [0.05, 0.1) is 13.3 Å². The minimum atomic E-state index is -1.11. The molecule has 0 bridgehead atoms. The molecule has 0 aliphatic heterocycles. The largest absolute Gasteiger partial charge is 0.497 e. The number of carbonyl (C=O) groups excluding carboxylic acids is 2. The van der Waals surface area contributed by atoms with E-state index in [0.29, 0.717) is 11.4 Å². The van der Waals surface area contributed by atoms with E-state index >= 15 is 0 Å². The fraction of sp³-hybridized carbons (Fsp3) is 0.308. The third-order valence-corrected chi connectivity index (χ3v) is 5.50. The summed E-state index contributed by atoms with van der Waals surface area (Å²) in [5.41, 5.74) is 3.20. The molecule has 182 valence electrons. The Morgan fingerprint density at radius 1 is 1.14 bits per heavy atom. The van der Waals surface area contributed by atoms with Crippen LogP contribution in [-0.4, -0.2) is 39.4 Å². The second kappa shape index (κ2) is 10.7. The number of aromatic nitrogens is 3. The summed E-state index contributed by atoms with van der Waals surface area (Å²) in [4.78, 5) is 25.2. The predicted molar refractivity (Wildman–Crippen MR) is 132 cm³/mol. The SMILES string of the molecule is COc1ccc(-n2c(C)cc(/C=C(\C#N)C(=O)OC(C)C(=O)Nc3ccnn3C(C)C)c2C)cc1. The Bertz CT molecular complexity index is 1290. The van der Waals surface area contributed by atoms with Crippen LogP contribution < -0.4 is 10.1 Å². The third kappa shape index (κ3) is 5.61. The maximum atomic E-state index is 12.7. The number of aryl methyl sites for hydroxylation is 1. The Morgan fingerprint density at radius 3 is 2.43 bits per heavy atom. The second-order valence-corrected chi connectivity index (χ2v) is 8.32. The summed E-state index contributed by atoms with van der Waals surface area (Å²) in [6, 6.07) is 13.1. The van der Waals surface area contributed by atoms with Gasteiger partial charge in [-0.3, -0.25) is 4.79 Å². The number of methoxy groups -OCH3 is 1. The van der Waals surface area contributed by atoms with Crippen LogP contribution in [0.1, 0.15) is 43.8 Å². The van der Waals surface area contributed by atoms with Crippen LogP contribution >= 0.6 is 0 Å². The Kier molecular flexibility index (Phi) is 7.76. The predicted octanol–water partition coefficient (Wildman–Crippen LogP) is 4.36. The van der Waals surface area contributed by atoms with Gasteiger partial charge in [-0.05, 0) is 76.6 Å². The van der Waals surface area contributed by atoms with Gasteiger partial charge in [0.25, 0.3) is 5.91 Å². The first-order valence-electron chi connectivity index (χ1n) is 11.2. The van der Waals surface area contributed by atoms with Crippen molar-refractivity contribution in [2.75, 3.05) is 12.4 Å². The molecule has 2 aromatic heterocycles. The third-order valence-electron chi connectivity index (χ3n) is 5.50. The van der Waals surface area contributed by atoms with E-state index in [0.717, 1.165) is 22.8 Å². The summed E-state index contributed by atoms with van der Waals surface area (Å²) in [7, 11) is 1.61. The highest BCUT2D eigenvalue weighted by Crippen LogP contribution is 2.24. The number of amides is 1. The molecule has 9 nitrogen and oxygen atoms in total. The summed E-state index contributed by atoms with van der Waals surface area (Å²) in [6.45, 7) is 9.15. The Hall–Kier alpha value is -4.32. The van der Waals surface area contributed by atoms with Crippen molar-refractivity contribution in [3.05, 3.63) is 65.1 Å². The fourth-order valence-corrected chi connectivity index (χ4v) is 3.68. The molecule has 1 unspecified atom stereocenters. The molecule has 9 heteroatoms. The maximum Gasteiger partial charge on any atom is 0.349 e. The minimum Gasteiger partial charge on any atom is -0.497 e. The van der Waals surface area contributed by atoms with E-state index in [4.69, 9.17) is 9.47 Å². The lowest BCUT2D eigenvalue weighted by Gasteiger charge is -2.15. The molecule has 0 saturated carbocycles. The number of hydrogen-bond acceptors (Lipinski definition) is 6. The summed E-state index contributed by atoms with van der Waals surface area (Å²) < 4.78 is 14.2. The zero-order chi connectivity index (χ0) is 25.7. The van der Waals surface area contributed by atoms with Crippen molar-refractivity contribution in [3.8, 4) is 17.5 Å². The number of anilines is 1. The molecule has 1 atom stereocenters. The van der Waals surface area contributed by atoms with E-state index in [1.54, 1.807) is 24.1 Å². The van der Waals surface area contributed by atoms with E-state index < -0.39 is 18.0 Å². The monoisotopic (exact) mass is 475 g/mol. The molecule has 0 radical (unpaired) electrons. The minimum absolute atomic E-state index is 0.0446. The van der Waals surface area contributed by atoms with Crippen LogP contribution in [0.4, 0.5) is 5.82 Å². The number of carbonyl (C=O) groups is 2. The zero-order valence-electron chi connectivity index (χ0n) is 20.7. The molecule has 2 heterocycles. The van der Waals surface area contributed by atoms with E-state index in [2.05, 4.69) is 10.4 Å². The molecule has 0 aliphatic carbocycles. The lowest BCUT2D eigenvalue weighted by atomic mass is 10.1. The van der Waals surface area contributed by atoms with Crippen LogP contribution in [0, 0.1) is 25.2 Å². The van der Waals surface area contributed by atoms with Crippen molar-refractivity contribution in [2.45, 2.75) is 46.8 Å². The number of nitrogens with zero attached hydrogens (tertiary/aromatic N) is 4. The number of rotatable bonds is 8. The quantitative estimate of drug-likeness (QED) is 0.294. The Balaban J connectivity index is 1.76. The fourth-order valence-electron chi connectivity index (χ4n) is 3.68. The van der Waals surface area contributed by atoms with Crippen LogP contribution in [-0.2, 0) is 14.3 Å². The van der Waals surface area contributed by atoms with Crippen LogP contribution in [0.3, 0.4) is 0 Å². The molecule has 0 aliphatic rings. The van der Waals surface area contributed by atoms with Gasteiger partial charge in [0.1, 0.15) is 23.2 Å². The molecule has 3 rings (SSSR count). The van der Waals surface area contributed by atoms with Gasteiger partial charge >= 0.3 is 5.97 Å². The lowest BCUT2D eigenvalue weighted by molar-refractivity contribution is -0.148. The van der Waals surface area contributed by atoms with Gasteiger partial charge in [0.15, 0.2) is 6.10 Å². The van der Waals surface area contributed by atoms with Crippen LogP contribution in [0.2, 0.25) is 0 Å². The van der Waals surface area contributed by atoms with E-state index in [1.807, 2.05) is 68.7 Å². The zero-order valence-corrected chi connectivity index (χ0v) is 20.7. The first-order chi connectivity index (χ1) is 16.7. The van der Waals surface area contributed by atoms with Gasteiger partial charge in [-0.1, -0.05) is 0 Å².